The Labute approximate surface area is 351 Å². The lowest BCUT2D eigenvalue weighted by molar-refractivity contribution is -0.160. The monoisotopic (exact) mass is 820 g/mol. The van der Waals surface area contributed by atoms with Crippen LogP contribution < -0.4 is 4.74 Å². The van der Waals surface area contributed by atoms with E-state index >= 15 is 0 Å². The zero-order valence-electron chi connectivity index (χ0n) is 36.5. The average molecular weight is 821 g/mol. The summed E-state index contributed by atoms with van der Waals surface area (Å²) in [5.74, 6) is -1.55. The van der Waals surface area contributed by atoms with Crippen LogP contribution in [-0.2, 0) is 60.5 Å². The molecule has 0 saturated heterocycles. The maximum Gasteiger partial charge on any atom is 0.333 e. The standard InChI is InChI=1S/C48H68O11/c1-8-11-12-13-14-16-35-18-20-37(21-19-35)38-22-24-41(36(9-2)27-38)39-23-25-42(40(28-39)17-15-26-56-47(53)34(4)5)57-31-48(10-3,32-58-45(51)29-43(49)54-6)33-59-46(52)30-44(50)55-7/h22-25,27-28,35,37H,4,8-21,26,29-33H2,1-3,5-7H3. The second-order valence-electron chi connectivity index (χ2n) is 16.0. The lowest BCUT2D eigenvalue weighted by Gasteiger charge is -2.32. The second-order valence-corrected chi connectivity index (χ2v) is 16.0. The maximum absolute atomic E-state index is 12.5. The van der Waals surface area contributed by atoms with E-state index in [4.69, 9.17) is 18.9 Å². The Morgan fingerprint density at radius 3 is 1.93 bits per heavy atom. The van der Waals surface area contributed by atoms with Gasteiger partial charge in [0, 0.05) is 5.57 Å². The molecule has 0 radical (unpaired) electrons. The van der Waals surface area contributed by atoms with Gasteiger partial charge in [-0.1, -0.05) is 90.1 Å². The normalized spacial score (nSPS) is 15.2. The first-order valence-corrected chi connectivity index (χ1v) is 21.5. The molecule has 3 rings (SSSR count). The Morgan fingerprint density at radius 2 is 1.36 bits per heavy atom. The number of unbranched alkanes of at least 4 members (excludes halogenated alkanes) is 4. The van der Waals surface area contributed by atoms with Crippen LogP contribution in [0.3, 0.4) is 0 Å². The molecular formula is C48H68O11. The summed E-state index contributed by atoms with van der Waals surface area (Å²) in [5.41, 5.74) is 5.05. The summed E-state index contributed by atoms with van der Waals surface area (Å²) in [4.78, 5) is 60.5. The van der Waals surface area contributed by atoms with Gasteiger partial charge in [0.15, 0.2) is 0 Å². The van der Waals surface area contributed by atoms with Crippen molar-refractivity contribution in [2.75, 3.05) is 40.6 Å². The van der Waals surface area contributed by atoms with E-state index in [0.29, 0.717) is 36.5 Å². The highest BCUT2D eigenvalue weighted by molar-refractivity contribution is 5.91. The van der Waals surface area contributed by atoms with E-state index in [1.165, 1.54) is 89.6 Å². The van der Waals surface area contributed by atoms with E-state index in [2.05, 4.69) is 54.2 Å². The molecule has 1 aliphatic rings. The average Bonchev–Trinajstić information content (AvgIpc) is 3.24. The van der Waals surface area contributed by atoms with Crippen LogP contribution in [0.15, 0.2) is 48.6 Å². The summed E-state index contributed by atoms with van der Waals surface area (Å²) in [5, 5.41) is 0. The fraction of sp³-hybridized carbons (Fsp3) is 0.604. The molecule has 0 amide bonds. The molecule has 1 aliphatic carbocycles. The van der Waals surface area contributed by atoms with Crippen molar-refractivity contribution >= 4 is 29.8 Å². The highest BCUT2D eigenvalue weighted by Gasteiger charge is 2.35. The highest BCUT2D eigenvalue weighted by atomic mass is 16.6. The van der Waals surface area contributed by atoms with Crippen molar-refractivity contribution < 1.29 is 52.4 Å². The summed E-state index contributed by atoms with van der Waals surface area (Å²) in [6.07, 6.45) is 14.3. The minimum atomic E-state index is -1.04. The van der Waals surface area contributed by atoms with Crippen LogP contribution in [0, 0.1) is 11.3 Å². The number of hydrogen-bond donors (Lipinski definition) is 0. The Kier molecular flexibility index (Phi) is 21.2. The van der Waals surface area contributed by atoms with E-state index in [-0.39, 0.29) is 26.4 Å². The van der Waals surface area contributed by atoms with Crippen molar-refractivity contribution in [1.29, 1.82) is 0 Å². The summed E-state index contributed by atoms with van der Waals surface area (Å²) in [6.45, 7) is 11.2. The maximum atomic E-state index is 12.5. The van der Waals surface area contributed by atoms with Crippen molar-refractivity contribution in [2.24, 2.45) is 11.3 Å². The molecule has 1 saturated carbocycles. The first-order valence-electron chi connectivity index (χ1n) is 21.5. The second kappa shape index (κ2) is 25.7. The number of esters is 5. The number of methoxy groups -OCH3 is 2. The molecule has 0 spiro atoms. The van der Waals surface area contributed by atoms with Gasteiger partial charge in [-0.2, -0.15) is 0 Å². The zero-order valence-corrected chi connectivity index (χ0v) is 36.5. The van der Waals surface area contributed by atoms with Crippen LogP contribution in [0.2, 0.25) is 0 Å². The lowest BCUT2D eigenvalue weighted by Crippen LogP contribution is -2.40. The van der Waals surface area contributed by atoms with Gasteiger partial charge in [0.05, 0.1) is 26.2 Å². The van der Waals surface area contributed by atoms with Crippen molar-refractivity contribution in [3.63, 3.8) is 0 Å². The van der Waals surface area contributed by atoms with Gasteiger partial charge in [-0.3, -0.25) is 19.2 Å². The molecule has 0 bridgehead atoms. The van der Waals surface area contributed by atoms with Gasteiger partial charge in [-0.25, -0.2) is 4.79 Å². The smallest absolute Gasteiger partial charge is 0.333 e. The van der Waals surface area contributed by atoms with Gasteiger partial charge < -0.3 is 28.4 Å². The third-order valence-electron chi connectivity index (χ3n) is 11.5. The molecule has 59 heavy (non-hydrogen) atoms. The molecule has 0 N–H and O–H groups in total. The molecular weight excluding hydrogens is 753 g/mol. The predicted octanol–water partition coefficient (Wildman–Crippen LogP) is 9.59. The Morgan fingerprint density at radius 1 is 0.712 bits per heavy atom. The number of carbonyl (C=O) groups is 5. The Balaban J connectivity index is 1.85. The first-order chi connectivity index (χ1) is 28.4. The van der Waals surface area contributed by atoms with E-state index in [1.807, 2.05) is 19.1 Å². The fourth-order valence-corrected chi connectivity index (χ4v) is 7.51. The molecule has 2 aromatic rings. The van der Waals surface area contributed by atoms with Crippen LogP contribution in [-0.4, -0.2) is 70.5 Å². The number of rotatable bonds is 26. The summed E-state index contributed by atoms with van der Waals surface area (Å²) in [6, 6.07) is 13.0. The molecule has 0 unspecified atom stereocenters. The molecule has 11 nitrogen and oxygen atoms in total. The number of hydrogen-bond acceptors (Lipinski definition) is 11. The quantitative estimate of drug-likeness (QED) is 0.0295. The molecule has 0 atom stereocenters. The van der Waals surface area contributed by atoms with Gasteiger partial charge in [-0.15, -0.1) is 0 Å². The van der Waals surface area contributed by atoms with Crippen molar-refractivity contribution in [2.45, 2.75) is 136 Å². The molecule has 0 aliphatic heterocycles. The van der Waals surface area contributed by atoms with E-state index in [1.54, 1.807) is 6.92 Å². The summed E-state index contributed by atoms with van der Waals surface area (Å²) >= 11 is 0. The minimum absolute atomic E-state index is 0.0342. The lowest BCUT2D eigenvalue weighted by atomic mass is 9.76. The van der Waals surface area contributed by atoms with E-state index < -0.39 is 48.1 Å². The fourth-order valence-electron chi connectivity index (χ4n) is 7.51. The molecule has 326 valence electrons. The summed E-state index contributed by atoms with van der Waals surface area (Å²) in [7, 11) is 2.35. The predicted molar refractivity (Wildman–Crippen MR) is 227 cm³/mol. The first kappa shape index (κ1) is 48.7. The number of ether oxygens (including phenoxy) is 6. The highest BCUT2D eigenvalue weighted by Crippen LogP contribution is 2.40. The summed E-state index contributed by atoms with van der Waals surface area (Å²) < 4.78 is 32.0. The van der Waals surface area contributed by atoms with E-state index in [0.717, 1.165) is 29.0 Å². The van der Waals surface area contributed by atoms with Crippen LogP contribution in [0.5, 0.6) is 5.75 Å². The SMILES string of the molecule is C=C(C)C(=O)OCCCc1cc(-c2ccc(C3CCC(CCCCCCC)CC3)cc2CC)ccc1OCC(CC)(COC(=O)CC(=O)OC)COC(=O)CC(=O)OC. The molecule has 1 fully saturated rings. The third kappa shape index (κ3) is 16.5. The zero-order chi connectivity index (χ0) is 43.2. The van der Waals surface area contributed by atoms with E-state index in [9.17, 15) is 24.0 Å². The Hall–Kier alpha value is -4.67. The molecule has 2 aromatic carbocycles. The minimum Gasteiger partial charge on any atom is -0.492 e. The van der Waals surface area contributed by atoms with Crippen LogP contribution in [0.25, 0.3) is 11.1 Å². The number of aryl methyl sites for hydroxylation is 2. The van der Waals surface area contributed by atoms with Gasteiger partial charge in [0.1, 0.15) is 38.4 Å². The van der Waals surface area contributed by atoms with Gasteiger partial charge in [-0.05, 0) is 110 Å². The molecule has 11 heteroatoms. The van der Waals surface area contributed by atoms with Crippen LogP contribution in [0.4, 0.5) is 0 Å². The van der Waals surface area contributed by atoms with Gasteiger partial charge in [0.25, 0.3) is 0 Å². The topological polar surface area (TPSA) is 141 Å². The largest absolute Gasteiger partial charge is 0.492 e. The van der Waals surface area contributed by atoms with Crippen molar-refractivity contribution in [3.8, 4) is 16.9 Å². The van der Waals surface area contributed by atoms with Crippen molar-refractivity contribution in [3.05, 3.63) is 65.2 Å². The molecule has 0 heterocycles. The Bertz CT molecular complexity index is 1650. The van der Waals surface area contributed by atoms with Gasteiger partial charge in [0.2, 0.25) is 0 Å². The molecule has 0 aromatic heterocycles. The number of carbonyl (C=O) groups excluding carboxylic acids is 5. The van der Waals surface area contributed by atoms with Crippen molar-refractivity contribution in [1.82, 2.24) is 0 Å². The van der Waals surface area contributed by atoms with Crippen LogP contribution in [0.1, 0.15) is 140 Å². The third-order valence-corrected chi connectivity index (χ3v) is 11.5. The van der Waals surface area contributed by atoms with Gasteiger partial charge >= 0.3 is 29.8 Å². The number of benzene rings is 2. The van der Waals surface area contributed by atoms with Crippen LogP contribution >= 0.6 is 0 Å².